The predicted molar refractivity (Wildman–Crippen MR) is 92.0 cm³/mol. The van der Waals surface area contributed by atoms with Crippen LogP contribution in [0.1, 0.15) is 48.5 Å². The van der Waals surface area contributed by atoms with Crippen molar-refractivity contribution in [2.45, 2.75) is 39.0 Å². The van der Waals surface area contributed by atoms with E-state index >= 15 is 0 Å². The van der Waals surface area contributed by atoms with Gasteiger partial charge in [-0.25, -0.2) is 0 Å². The van der Waals surface area contributed by atoms with Gasteiger partial charge in [0, 0.05) is 51.3 Å². The first kappa shape index (κ1) is 16.0. The molecule has 2 aliphatic rings. The molecule has 0 saturated carbocycles. The van der Waals surface area contributed by atoms with Crippen LogP contribution in [-0.4, -0.2) is 43.3 Å². The predicted octanol–water partition coefficient (Wildman–Crippen LogP) is 2.90. The molecular weight excluding hydrogens is 288 g/mol. The Morgan fingerprint density at radius 3 is 2.61 bits per heavy atom. The average Bonchev–Trinajstić information content (AvgIpc) is 2.93. The number of likely N-dealkylation sites (N-methyl/N-ethyl adjacent to an activating group) is 1. The third-order valence-corrected chi connectivity index (χ3v) is 5.37. The van der Waals surface area contributed by atoms with E-state index in [2.05, 4.69) is 24.1 Å². The largest absolute Gasteiger partial charge is 0.374 e. The van der Waals surface area contributed by atoms with E-state index < -0.39 is 0 Å². The second kappa shape index (κ2) is 6.73. The van der Waals surface area contributed by atoms with Gasteiger partial charge in [-0.1, -0.05) is 0 Å². The van der Waals surface area contributed by atoms with E-state index in [0.29, 0.717) is 12.3 Å². The maximum atomic E-state index is 12.5. The molecule has 4 nitrogen and oxygen atoms in total. The van der Waals surface area contributed by atoms with Gasteiger partial charge in [0.05, 0.1) is 0 Å². The van der Waals surface area contributed by atoms with Crippen molar-refractivity contribution < 1.29 is 9.59 Å². The maximum Gasteiger partial charge on any atom is 0.219 e. The summed E-state index contributed by atoms with van der Waals surface area (Å²) >= 11 is 0. The molecule has 23 heavy (non-hydrogen) atoms. The minimum atomic E-state index is 0.169. The van der Waals surface area contributed by atoms with Crippen molar-refractivity contribution in [3.63, 3.8) is 0 Å². The average molecular weight is 314 g/mol. The molecule has 0 bridgehead atoms. The summed E-state index contributed by atoms with van der Waals surface area (Å²) < 4.78 is 0. The van der Waals surface area contributed by atoms with Gasteiger partial charge in [-0.15, -0.1) is 0 Å². The zero-order valence-corrected chi connectivity index (χ0v) is 14.2. The van der Waals surface area contributed by atoms with Crippen LogP contribution in [0.3, 0.4) is 0 Å². The third kappa shape index (κ3) is 3.57. The van der Waals surface area contributed by atoms with Gasteiger partial charge in [-0.3, -0.25) is 9.59 Å². The second-order valence-electron chi connectivity index (χ2n) is 6.93. The number of carbonyl (C=O) groups is 2. The van der Waals surface area contributed by atoms with Gasteiger partial charge in [0.25, 0.3) is 0 Å². The van der Waals surface area contributed by atoms with Gasteiger partial charge in [0.15, 0.2) is 5.78 Å². The monoisotopic (exact) mass is 314 g/mol. The Morgan fingerprint density at radius 2 is 1.91 bits per heavy atom. The number of fused-ring (bicyclic) bond motifs is 1. The Bertz CT molecular complexity index is 603. The van der Waals surface area contributed by atoms with Gasteiger partial charge in [-0.05, 0) is 55.4 Å². The zero-order chi connectivity index (χ0) is 16.4. The molecule has 124 valence electrons. The van der Waals surface area contributed by atoms with Crippen LogP contribution in [-0.2, 0) is 11.2 Å². The first-order valence-electron chi connectivity index (χ1n) is 8.67. The smallest absolute Gasteiger partial charge is 0.219 e. The van der Waals surface area contributed by atoms with Gasteiger partial charge in [0.2, 0.25) is 5.91 Å². The highest BCUT2D eigenvalue weighted by Crippen LogP contribution is 2.28. The molecule has 0 spiro atoms. The Hall–Kier alpha value is -1.84. The maximum absolute atomic E-state index is 12.5. The summed E-state index contributed by atoms with van der Waals surface area (Å²) in [5.41, 5.74) is 3.42. The molecule has 0 atom stereocenters. The van der Waals surface area contributed by atoms with E-state index in [4.69, 9.17) is 0 Å². The number of hydrogen-bond acceptors (Lipinski definition) is 3. The molecule has 2 aliphatic heterocycles. The Balaban J connectivity index is 1.51. The molecular formula is C19H26N2O2. The molecule has 0 radical (unpaired) electrons. The van der Waals surface area contributed by atoms with E-state index in [1.807, 2.05) is 11.0 Å². The van der Waals surface area contributed by atoms with Crippen LogP contribution < -0.4 is 4.90 Å². The van der Waals surface area contributed by atoms with Crippen molar-refractivity contribution in [3.8, 4) is 0 Å². The summed E-state index contributed by atoms with van der Waals surface area (Å²) in [5, 5.41) is 0. The van der Waals surface area contributed by atoms with Crippen LogP contribution in [0.5, 0.6) is 0 Å². The summed E-state index contributed by atoms with van der Waals surface area (Å²) in [6.07, 6.45) is 4.67. The lowest BCUT2D eigenvalue weighted by atomic mass is 9.90. The summed E-state index contributed by atoms with van der Waals surface area (Å²) in [6.45, 7) is 4.37. The van der Waals surface area contributed by atoms with Crippen molar-refractivity contribution in [1.82, 2.24) is 4.90 Å². The van der Waals surface area contributed by atoms with E-state index in [-0.39, 0.29) is 11.7 Å². The molecule has 3 rings (SSSR count). The molecule has 1 aromatic carbocycles. The van der Waals surface area contributed by atoms with Crippen LogP contribution in [0.15, 0.2) is 18.2 Å². The number of rotatable bonds is 4. The lowest BCUT2D eigenvalue weighted by Crippen LogP contribution is -2.37. The Labute approximate surface area is 138 Å². The van der Waals surface area contributed by atoms with Crippen molar-refractivity contribution in [2.75, 3.05) is 31.6 Å². The molecule has 0 aromatic heterocycles. The summed E-state index contributed by atoms with van der Waals surface area (Å²) in [5.74, 6) is 1.01. The standard InChI is InChI=1S/C19H26N2O2/c1-14(22)21-11-7-15(8-12-21)3-6-19(23)17-4-5-18-16(13-17)9-10-20(18)2/h4-5,13,15H,3,6-12H2,1-2H3. The van der Waals surface area contributed by atoms with Crippen LogP contribution in [0.2, 0.25) is 0 Å². The number of hydrogen-bond donors (Lipinski definition) is 0. The molecule has 2 heterocycles. The normalized spacial score (nSPS) is 18.2. The van der Waals surface area contributed by atoms with E-state index in [1.165, 1.54) is 11.3 Å². The number of Topliss-reactive ketones (excluding diaryl/α,β-unsaturated/α-hetero) is 1. The Kier molecular flexibility index (Phi) is 4.69. The number of anilines is 1. The van der Waals surface area contributed by atoms with Crippen LogP contribution >= 0.6 is 0 Å². The lowest BCUT2D eigenvalue weighted by molar-refractivity contribution is -0.130. The van der Waals surface area contributed by atoms with E-state index in [0.717, 1.165) is 50.9 Å². The van der Waals surface area contributed by atoms with E-state index in [1.54, 1.807) is 6.92 Å². The fraction of sp³-hybridized carbons (Fsp3) is 0.579. The van der Waals surface area contributed by atoms with Crippen LogP contribution in [0.25, 0.3) is 0 Å². The third-order valence-electron chi connectivity index (χ3n) is 5.37. The van der Waals surface area contributed by atoms with Gasteiger partial charge >= 0.3 is 0 Å². The number of benzene rings is 1. The fourth-order valence-electron chi connectivity index (χ4n) is 3.76. The van der Waals surface area contributed by atoms with Crippen molar-refractivity contribution >= 4 is 17.4 Å². The summed E-state index contributed by atoms with van der Waals surface area (Å²) in [6, 6.07) is 6.14. The number of likely N-dealkylation sites (tertiary alicyclic amines) is 1. The van der Waals surface area contributed by atoms with Gasteiger partial charge in [0.1, 0.15) is 0 Å². The molecule has 1 amide bonds. The Morgan fingerprint density at radius 1 is 1.17 bits per heavy atom. The first-order valence-corrected chi connectivity index (χ1v) is 8.67. The molecule has 1 aromatic rings. The fourth-order valence-corrected chi connectivity index (χ4v) is 3.76. The summed E-state index contributed by atoms with van der Waals surface area (Å²) in [7, 11) is 2.10. The molecule has 0 unspecified atom stereocenters. The van der Waals surface area contributed by atoms with Crippen LogP contribution in [0, 0.1) is 5.92 Å². The first-order chi connectivity index (χ1) is 11.0. The van der Waals surface area contributed by atoms with Gasteiger partial charge < -0.3 is 9.80 Å². The molecule has 4 heteroatoms. The van der Waals surface area contributed by atoms with Crippen LogP contribution in [0.4, 0.5) is 5.69 Å². The quantitative estimate of drug-likeness (QED) is 0.802. The lowest BCUT2D eigenvalue weighted by Gasteiger charge is -2.31. The SMILES string of the molecule is CC(=O)N1CCC(CCC(=O)c2ccc3c(c2)CCN3C)CC1. The molecule has 1 fully saturated rings. The number of nitrogens with zero attached hydrogens (tertiary/aromatic N) is 2. The minimum Gasteiger partial charge on any atom is -0.374 e. The topological polar surface area (TPSA) is 40.6 Å². The number of carbonyl (C=O) groups excluding carboxylic acids is 2. The number of piperidine rings is 1. The second-order valence-corrected chi connectivity index (χ2v) is 6.93. The highest BCUT2D eigenvalue weighted by molar-refractivity contribution is 5.96. The molecule has 0 N–H and O–H groups in total. The highest BCUT2D eigenvalue weighted by atomic mass is 16.2. The number of ketones is 1. The number of amides is 1. The van der Waals surface area contributed by atoms with Crippen molar-refractivity contribution in [3.05, 3.63) is 29.3 Å². The van der Waals surface area contributed by atoms with Gasteiger partial charge in [-0.2, -0.15) is 0 Å². The van der Waals surface area contributed by atoms with Crippen molar-refractivity contribution in [2.24, 2.45) is 5.92 Å². The minimum absolute atomic E-state index is 0.169. The zero-order valence-electron chi connectivity index (χ0n) is 14.2. The molecule has 1 saturated heterocycles. The van der Waals surface area contributed by atoms with E-state index in [9.17, 15) is 9.59 Å². The highest BCUT2D eigenvalue weighted by Gasteiger charge is 2.22. The van der Waals surface area contributed by atoms with Crippen molar-refractivity contribution in [1.29, 1.82) is 0 Å². The molecule has 0 aliphatic carbocycles. The summed E-state index contributed by atoms with van der Waals surface area (Å²) in [4.78, 5) is 28.0.